The van der Waals surface area contributed by atoms with E-state index in [2.05, 4.69) is 20.9 Å². The van der Waals surface area contributed by atoms with Crippen molar-refractivity contribution in [3.63, 3.8) is 0 Å². The van der Waals surface area contributed by atoms with Gasteiger partial charge in [0.2, 0.25) is 5.91 Å². The van der Waals surface area contributed by atoms with Crippen LogP contribution in [-0.4, -0.2) is 16.8 Å². The third-order valence-corrected chi connectivity index (χ3v) is 4.30. The predicted octanol–water partition coefficient (Wildman–Crippen LogP) is 5.00. The van der Waals surface area contributed by atoms with Crippen molar-refractivity contribution in [3.05, 3.63) is 77.1 Å². The molecule has 6 nitrogen and oxygen atoms in total. The summed E-state index contributed by atoms with van der Waals surface area (Å²) >= 11 is 6.10. The Bertz CT molecular complexity index is 1040. The van der Waals surface area contributed by atoms with E-state index in [9.17, 15) is 9.59 Å². The standard InChI is InChI=1S/C21H19ClN4O2/c1-13-6-7-17(11-19(13)22)26-21(28)20-12-18(8-9-23-20)25-16-5-3-4-15(10-16)24-14(2)27/h3-12H,1-2H3,(H,23,25)(H,24,27)(H,26,28). The number of benzene rings is 2. The van der Waals surface area contributed by atoms with E-state index in [1.54, 1.807) is 42.6 Å². The maximum Gasteiger partial charge on any atom is 0.274 e. The summed E-state index contributed by atoms with van der Waals surface area (Å²) in [5, 5.41) is 9.30. The van der Waals surface area contributed by atoms with E-state index < -0.39 is 0 Å². The third kappa shape index (κ3) is 5.08. The molecule has 3 N–H and O–H groups in total. The Labute approximate surface area is 168 Å². The van der Waals surface area contributed by atoms with Gasteiger partial charge in [0, 0.05) is 40.9 Å². The summed E-state index contributed by atoms with van der Waals surface area (Å²) in [6.07, 6.45) is 1.55. The van der Waals surface area contributed by atoms with Gasteiger partial charge in [0.05, 0.1) is 0 Å². The normalized spacial score (nSPS) is 10.2. The molecule has 2 amide bonds. The number of carbonyl (C=O) groups is 2. The molecule has 1 heterocycles. The van der Waals surface area contributed by atoms with Gasteiger partial charge in [-0.25, -0.2) is 0 Å². The molecule has 3 aromatic rings. The van der Waals surface area contributed by atoms with Crippen LogP contribution in [0.25, 0.3) is 0 Å². The molecule has 2 aromatic carbocycles. The van der Waals surface area contributed by atoms with Gasteiger partial charge in [-0.3, -0.25) is 14.6 Å². The molecule has 142 valence electrons. The summed E-state index contributed by atoms with van der Waals surface area (Å²) < 4.78 is 0. The number of anilines is 4. The zero-order chi connectivity index (χ0) is 20.1. The van der Waals surface area contributed by atoms with Gasteiger partial charge >= 0.3 is 0 Å². The van der Waals surface area contributed by atoms with E-state index in [4.69, 9.17) is 11.6 Å². The van der Waals surface area contributed by atoms with Crippen LogP contribution in [-0.2, 0) is 4.79 Å². The Kier molecular flexibility index (Phi) is 5.91. The molecule has 0 saturated carbocycles. The molecule has 28 heavy (non-hydrogen) atoms. The Morgan fingerprint density at radius 1 is 0.893 bits per heavy atom. The van der Waals surface area contributed by atoms with Gasteiger partial charge in [-0.1, -0.05) is 23.7 Å². The summed E-state index contributed by atoms with van der Waals surface area (Å²) in [5.41, 5.74) is 3.95. The Balaban J connectivity index is 1.73. The number of rotatable bonds is 5. The first kappa shape index (κ1) is 19.4. The van der Waals surface area contributed by atoms with Crippen molar-refractivity contribution in [3.8, 4) is 0 Å². The van der Waals surface area contributed by atoms with E-state index in [0.29, 0.717) is 22.1 Å². The van der Waals surface area contributed by atoms with Crippen LogP contribution in [0.5, 0.6) is 0 Å². The first-order valence-corrected chi connectivity index (χ1v) is 8.97. The SMILES string of the molecule is CC(=O)Nc1cccc(Nc2ccnc(C(=O)Nc3ccc(C)c(Cl)c3)c2)c1. The summed E-state index contributed by atoms with van der Waals surface area (Å²) in [5.74, 6) is -0.480. The zero-order valence-electron chi connectivity index (χ0n) is 15.4. The van der Waals surface area contributed by atoms with E-state index in [1.165, 1.54) is 6.92 Å². The van der Waals surface area contributed by atoms with Crippen molar-refractivity contribution in [2.45, 2.75) is 13.8 Å². The molecule has 0 fully saturated rings. The van der Waals surface area contributed by atoms with Crippen molar-refractivity contribution in [2.24, 2.45) is 0 Å². The summed E-state index contributed by atoms with van der Waals surface area (Å²) in [7, 11) is 0. The van der Waals surface area contributed by atoms with Crippen LogP contribution in [0.4, 0.5) is 22.7 Å². The molecule has 1 aromatic heterocycles. The second-order valence-electron chi connectivity index (χ2n) is 6.23. The van der Waals surface area contributed by atoms with Crippen LogP contribution in [0.1, 0.15) is 23.0 Å². The van der Waals surface area contributed by atoms with Gasteiger partial charge in [0.1, 0.15) is 5.69 Å². The number of amides is 2. The number of halogens is 1. The lowest BCUT2D eigenvalue weighted by atomic mass is 10.2. The topological polar surface area (TPSA) is 83.1 Å². The molecular weight excluding hydrogens is 376 g/mol. The molecule has 0 bridgehead atoms. The highest BCUT2D eigenvalue weighted by molar-refractivity contribution is 6.31. The van der Waals surface area contributed by atoms with E-state index in [1.807, 2.05) is 25.1 Å². The molecular formula is C21H19ClN4O2. The maximum absolute atomic E-state index is 12.5. The summed E-state index contributed by atoms with van der Waals surface area (Å²) in [4.78, 5) is 27.8. The van der Waals surface area contributed by atoms with Crippen molar-refractivity contribution in [2.75, 3.05) is 16.0 Å². The van der Waals surface area contributed by atoms with Gasteiger partial charge in [-0.05, 0) is 55.0 Å². The lowest BCUT2D eigenvalue weighted by Gasteiger charge is -2.10. The number of pyridine rings is 1. The predicted molar refractivity (Wildman–Crippen MR) is 112 cm³/mol. The number of hydrogen-bond acceptors (Lipinski definition) is 4. The Hall–Kier alpha value is -3.38. The maximum atomic E-state index is 12.5. The molecule has 0 spiro atoms. The molecule has 0 aliphatic heterocycles. The molecule has 0 atom stereocenters. The first-order valence-electron chi connectivity index (χ1n) is 8.59. The average molecular weight is 395 g/mol. The van der Waals surface area contributed by atoms with Crippen LogP contribution in [0.2, 0.25) is 5.02 Å². The minimum Gasteiger partial charge on any atom is -0.355 e. The highest BCUT2D eigenvalue weighted by Crippen LogP contribution is 2.22. The largest absolute Gasteiger partial charge is 0.355 e. The average Bonchev–Trinajstić information content (AvgIpc) is 2.65. The fourth-order valence-corrected chi connectivity index (χ4v) is 2.72. The van der Waals surface area contributed by atoms with Crippen LogP contribution < -0.4 is 16.0 Å². The van der Waals surface area contributed by atoms with Crippen molar-refractivity contribution in [1.82, 2.24) is 4.98 Å². The lowest BCUT2D eigenvalue weighted by Crippen LogP contribution is -2.13. The number of nitrogens with zero attached hydrogens (tertiary/aromatic N) is 1. The highest BCUT2D eigenvalue weighted by atomic mass is 35.5. The van der Waals surface area contributed by atoms with E-state index in [0.717, 1.165) is 11.3 Å². The smallest absolute Gasteiger partial charge is 0.274 e. The Morgan fingerprint density at radius 2 is 1.61 bits per heavy atom. The number of carbonyl (C=O) groups excluding carboxylic acids is 2. The molecule has 3 rings (SSSR count). The first-order chi connectivity index (χ1) is 13.4. The van der Waals surface area contributed by atoms with Gasteiger partial charge < -0.3 is 16.0 Å². The number of nitrogens with one attached hydrogen (secondary N) is 3. The number of hydrogen-bond donors (Lipinski definition) is 3. The van der Waals surface area contributed by atoms with Crippen LogP contribution in [0.15, 0.2) is 60.8 Å². The molecule has 0 saturated heterocycles. The zero-order valence-corrected chi connectivity index (χ0v) is 16.2. The third-order valence-electron chi connectivity index (χ3n) is 3.89. The van der Waals surface area contributed by atoms with Gasteiger partial charge in [-0.15, -0.1) is 0 Å². The monoisotopic (exact) mass is 394 g/mol. The molecule has 0 aliphatic carbocycles. The lowest BCUT2D eigenvalue weighted by molar-refractivity contribution is -0.114. The van der Waals surface area contributed by atoms with Crippen LogP contribution in [0.3, 0.4) is 0 Å². The van der Waals surface area contributed by atoms with E-state index >= 15 is 0 Å². The minimum absolute atomic E-state index is 0.142. The molecule has 0 aliphatic rings. The van der Waals surface area contributed by atoms with Crippen molar-refractivity contribution < 1.29 is 9.59 Å². The number of aryl methyl sites for hydroxylation is 1. The van der Waals surface area contributed by atoms with Crippen LogP contribution in [0, 0.1) is 6.92 Å². The quantitative estimate of drug-likeness (QED) is 0.568. The second kappa shape index (κ2) is 8.54. The van der Waals surface area contributed by atoms with Crippen LogP contribution >= 0.6 is 11.6 Å². The van der Waals surface area contributed by atoms with Gasteiger partial charge in [0.15, 0.2) is 0 Å². The van der Waals surface area contributed by atoms with Gasteiger partial charge in [-0.2, -0.15) is 0 Å². The van der Waals surface area contributed by atoms with E-state index in [-0.39, 0.29) is 17.5 Å². The fraction of sp³-hybridized carbons (Fsp3) is 0.0952. The summed E-state index contributed by atoms with van der Waals surface area (Å²) in [6.45, 7) is 3.35. The highest BCUT2D eigenvalue weighted by Gasteiger charge is 2.10. The molecule has 0 radical (unpaired) electrons. The number of aromatic nitrogens is 1. The Morgan fingerprint density at radius 3 is 2.36 bits per heavy atom. The summed E-state index contributed by atoms with van der Waals surface area (Å²) in [6, 6.07) is 16.0. The fourth-order valence-electron chi connectivity index (χ4n) is 2.54. The van der Waals surface area contributed by atoms with Crippen molar-refractivity contribution >= 4 is 46.2 Å². The second-order valence-corrected chi connectivity index (χ2v) is 6.64. The van der Waals surface area contributed by atoms with Gasteiger partial charge in [0.25, 0.3) is 5.91 Å². The molecule has 0 unspecified atom stereocenters. The minimum atomic E-state index is -0.337. The van der Waals surface area contributed by atoms with Crippen molar-refractivity contribution in [1.29, 1.82) is 0 Å². The molecule has 7 heteroatoms.